The number of nitrogens with zero attached hydrogens (tertiary/aromatic N) is 4. The Hall–Kier alpha value is -2.66. The van der Waals surface area contributed by atoms with Crippen molar-refractivity contribution in [2.75, 3.05) is 6.61 Å². The van der Waals surface area contributed by atoms with Crippen LogP contribution in [-0.2, 0) is 21.3 Å². The van der Waals surface area contributed by atoms with E-state index in [1.165, 1.54) is 0 Å². The summed E-state index contributed by atoms with van der Waals surface area (Å²) in [6.07, 6.45) is 6.56. The average molecular weight is 458 g/mol. The zero-order chi connectivity index (χ0) is 22.6. The number of ether oxygens (including phenoxy) is 1. The molecule has 1 aromatic carbocycles. The third-order valence-corrected chi connectivity index (χ3v) is 7.12. The lowest BCUT2D eigenvalue weighted by Gasteiger charge is -2.36. The second-order valence-corrected chi connectivity index (χ2v) is 9.71. The van der Waals surface area contributed by atoms with Crippen LogP contribution in [0.25, 0.3) is 11.3 Å². The quantitative estimate of drug-likeness (QED) is 0.530. The average Bonchev–Trinajstić information content (AvgIpc) is 3.28. The standard InChI is InChI=1S/C22H27N5O4S/c1-16-4-7-19(8-5-16)32(29,30)25-20-9-6-18(31-22(20)15-28)10-12-27-14-21(24-26-27)17-3-2-11-23-13-17/h2-5,7-8,11,13-14,18,20,22,25,28H,6,9-10,12,15H2,1H3/t18-,20-,22+/m0/s1. The van der Waals surface area contributed by atoms with Gasteiger partial charge in [-0.2, -0.15) is 0 Å². The van der Waals surface area contributed by atoms with Crippen LogP contribution in [0.2, 0.25) is 0 Å². The first kappa shape index (κ1) is 22.5. The number of aliphatic hydroxyl groups excluding tert-OH is 1. The highest BCUT2D eigenvalue weighted by Crippen LogP contribution is 2.24. The molecule has 0 unspecified atom stereocenters. The van der Waals surface area contributed by atoms with Crippen molar-refractivity contribution in [1.29, 1.82) is 0 Å². The van der Waals surface area contributed by atoms with E-state index in [4.69, 9.17) is 4.74 Å². The first-order valence-corrected chi connectivity index (χ1v) is 12.1. The molecule has 1 aliphatic rings. The van der Waals surface area contributed by atoms with Gasteiger partial charge in [-0.15, -0.1) is 5.10 Å². The van der Waals surface area contributed by atoms with Crippen LogP contribution >= 0.6 is 0 Å². The highest BCUT2D eigenvalue weighted by Gasteiger charge is 2.33. The number of hydrogen-bond acceptors (Lipinski definition) is 7. The number of pyridine rings is 1. The predicted molar refractivity (Wildman–Crippen MR) is 118 cm³/mol. The molecule has 2 aromatic heterocycles. The summed E-state index contributed by atoms with van der Waals surface area (Å²) in [5.74, 6) is 0. The molecule has 0 aliphatic carbocycles. The molecule has 3 aromatic rings. The van der Waals surface area contributed by atoms with Gasteiger partial charge >= 0.3 is 0 Å². The van der Waals surface area contributed by atoms with E-state index in [0.29, 0.717) is 25.8 Å². The first-order valence-electron chi connectivity index (χ1n) is 10.6. The van der Waals surface area contributed by atoms with Crippen LogP contribution in [0.15, 0.2) is 59.9 Å². The highest BCUT2D eigenvalue weighted by atomic mass is 32.2. The minimum Gasteiger partial charge on any atom is -0.394 e. The number of sulfonamides is 1. The number of benzene rings is 1. The first-order chi connectivity index (χ1) is 15.4. The van der Waals surface area contributed by atoms with Crippen molar-refractivity contribution < 1.29 is 18.3 Å². The molecule has 2 N–H and O–H groups in total. The van der Waals surface area contributed by atoms with Crippen molar-refractivity contribution >= 4 is 10.0 Å². The van der Waals surface area contributed by atoms with E-state index in [-0.39, 0.29) is 17.6 Å². The second-order valence-electron chi connectivity index (χ2n) is 7.99. The van der Waals surface area contributed by atoms with Crippen molar-refractivity contribution in [1.82, 2.24) is 24.7 Å². The van der Waals surface area contributed by atoms with Gasteiger partial charge in [0, 0.05) is 24.5 Å². The molecule has 10 heteroatoms. The smallest absolute Gasteiger partial charge is 0.240 e. The fourth-order valence-electron chi connectivity index (χ4n) is 3.79. The van der Waals surface area contributed by atoms with E-state index < -0.39 is 22.2 Å². The summed E-state index contributed by atoms with van der Waals surface area (Å²) in [5.41, 5.74) is 2.64. The number of aliphatic hydroxyl groups is 1. The van der Waals surface area contributed by atoms with E-state index in [2.05, 4.69) is 20.0 Å². The summed E-state index contributed by atoms with van der Waals surface area (Å²) in [6.45, 7) is 2.25. The lowest BCUT2D eigenvalue weighted by Crippen LogP contribution is -2.50. The van der Waals surface area contributed by atoms with Gasteiger partial charge in [-0.05, 0) is 50.5 Å². The van der Waals surface area contributed by atoms with Crippen molar-refractivity contribution in [2.24, 2.45) is 0 Å². The van der Waals surface area contributed by atoms with Gasteiger partial charge in [-0.1, -0.05) is 22.9 Å². The number of aryl methyl sites for hydroxylation is 2. The molecule has 0 spiro atoms. The molecule has 1 saturated heterocycles. The fourth-order valence-corrected chi connectivity index (χ4v) is 5.09. The van der Waals surface area contributed by atoms with Crippen LogP contribution in [-0.4, -0.2) is 58.4 Å². The summed E-state index contributed by atoms with van der Waals surface area (Å²) >= 11 is 0. The summed E-state index contributed by atoms with van der Waals surface area (Å²) < 4.78 is 35.9. The molecule has 0 bridgehead atoms. The molecule has 0 amide bonds. The third-order valence-electron chi connectivity index (χ3n) is 5.61. The largest absolute Gasteiger partial charge is 0.394 e. The summed E-state index contributed by atoms with van der Waals surface area (Å²) in [5, 5.41) is 18.1. The molecule has 1 fully saturated rings. The van der Waals surface area contributed by atoms with Gasteiger partial charge in [0.15, 0.2) is 0 Å². The topological polar surface area (TPSA) is 119 Å². The zero-order valence-electron chi connectivity index (χ0n) is 17.8. The summed E-state index contributed by atoms with van der Waals surface area (Å²) in [4.78, 5) is 4.30. The summed E-state index contributed by atoms with van der Waals surface area (Å²) in [6, 6.07) is 9.97. The van der Waals surface area contributed by atoms with Gasteiger partial charge in [0.05, 0.1) is 35.9 Å². The molecule has 3 atom stereocenters. The van der Waals surface area contributed by atoms with Crippen LogP contribution in [0.1, 0.15) is 24.8 Å². The Morgan fingerprint density at radius 3 is 2.75 bits per heavy atom. The molecule has 4 rings (SSSR count). The van der Waals surface area contributed by atoms with E-state index in [0.717, 1.165) is 16.8 Å². The van der Waals surface area contributed by atoms with E-state index >= 15 is 0 Å². The van der Waals surface area contributed by atoms with Gasteiger partial charge in [-0.25, -0.2) is 13.1 Å². The van der Waals surface area contributed by atoms with Gasteiger partial charge in [0.1, 0.15) is 5.69 Å². The van der Waals surface area contributed by atoms with Crippen LogP contribution < -0.4 is 4.72 Å². The Balaban J connectivity index is 1.33. The monoisotopic (exact) mass is 457 g/mol. The molecule has 170 valence electrons. The molecule has 3 heterocycles. The molecule has 32 heavy (non-hydrogen) atoms. The Labute approximate surface area is 187 Å². The van der Waals surface area contributed by atoms with E-state index in [9.17, 15) is 13.5 Å². The number of aromatic nitrogens is 4. The molecule has 0 saturated carbocycles. The van der Waals surface area contributed by atoms with E-state index in [1.54, 1.807) is 41.3 Å². The number of rotatable bonds is 8. The molecule has 9 nitrogen and oxygen atoms in total. The maximum absolute atomic E-state index is 12.7. The van der Waals surface area contributed by atoms with Gasteiger partial charge in [0.25, 0.3) is 0 Å². The Kier molecular flexibility index (Phi) is 6.95. The van der Waals surface area contributed by atoms with Gasteiger partial charge in [-0.3, -0.25) is 9.67 Å². The molecule has 1 aliphatic heterocycles. The van der Waals surface area contributed by atoms with Crippen molar-refractivity contribution in [3.63, 3.8) is 0 Å². The molecular weight excluding hydrogens is 430 g/mol. The van der Waals surface area contributed by atoms with Crippen LogP contribution in [0, 0.1) is 6.92 Å². The van der Waals surface area contributed by atoms with Gasteiger partial charge < -0.3 is 9.84 Å². The molecular formula is C22H27N5O4S. The number of nitrogens with one attached hydrogen (secondary N) is 1. The van der Waals surface area contributed by atoms with E-state index in [1.807, 2.05) is 25.3 Å². The van der Waals surface area contributed by atoms with Crippen molar-refractivity contribution in [3.8, 4) is 11.3 Å². The van der Waals surface area contributed by atoms with Crippen LogP contribution in [0.4, 0.5) is 0 Å². The van der Waals surface area contributed by atoms with Crippen molar-refractivity contribution in [2.45, 2.75) is 55.9 Å². The predicted octanol–water partition coefficient (Wildman–Crippen LogP) is 1.93. The Morgan fingerprint density at radius 2 is 2.03 bits per heavy atom. The second kappa shape index (κ2) is 9.86. The Bertz CT molecular complexity index is 1120. The number of hydrogen-bond donors (Lipinski definition) is 2. The van der Waals surface area contributed by atoms with Crippen LogP contribution in [0.5, 0.6) is 0 Å². The minimum absolute atomic E-state index is 0.0988. The lowest BCUT2D eigenvalue weighted by atomic mass is 9.98. The SMILES string of the molecule is Cc1ccc(S(=O)(=O)N[C@H]2CC[C@@H](CCn3cc(-c4cccnc4)nn3)O[C@@H]2CO)cc1. The lowest BCUT2D eigenvalue weighted by molar-refractivity contribution is -0.0891. The third kappa shape index (κ3) is 5.39. The van der Waals surface area contributed by atoms with Gasteiger partial charge in [0.2, 0.25) is 10.0 Å². The Morgan fingerprint density at radius 1 is 1.22 bits per heavy atom. The normalized spacial score (nSPS) is 21.5. The maximum Gasteiger partial charge on any atom is 0.240 e. The van der Waals surface area contributed by atoms with Crippen LogP contribution in [0.3, 0.4) is 0 Å². The van der Waals surface area contributed by atoms with Crippen molar-refractivity contribution in [3.05, 3.63) is 60.6 Å². The highest BCUT2D eigenvalue weighted by molar-refractivity contribution is 7.89. The maximum atomic E-state index is 12.7. The fraction of sp³-hybridized carbons (Fsp3) is 0.409. The molecule has 0 radical (unpaired) electrons. The minimum atomic E-state index is -3.68. The zero-order valence-corrected chi connectivity index (χ0v) is 18.6. The summed E-state index contributed by atoms with van der Waals surface area (Å²) in [7, 11) is -3.68.